The molecule has 0 aliphatic rings. The number of ether oxygens (including phenoxy) is 1. The van der Waals surface area contributed by atoms with Gasteiger partial charge in [-0.2, -0.15) is 0 Å². The second-order valence-electron chi connectivity index (χ2n) is 5.34. The lowest BCUT2D eigenvalue weighted by Crippen LogP contribution is -2.02. The van der Waals surface area contributed by atoms with Gasteiger partial charge in [-0.1, -0.05) is 61.2 Å². The van der Waals surface area contributed by atoms with Crippen molar-refractivity contribution >= 4 is 29.0 Å². The fourth-order valence-corrected chi connectivity index (χ4v) is 2.30. The van der Waals surface area contributed by atoms with Crippen LogP contribution in [0.3, 0.4) is 0 Å². The molecule has 3 rings (SSSR count). The molecule has 0 atom stereocenters. The number of carbonyl (C=O) groups excluding carboxylic acids is 1. The van der Waals surface area contributed by atoms with Gasteiger partial charge in [-0.25, -0.2) is 9.78 Å². The molecule has 0 radical (unpaired) electrons. The van der Waals surface area contributed by atoms with Crippen LogP contribution in [-0.2, 0) is 4.79 Å². The Bertz CT molecular complexity index is 953. The molecule has 25 heavy (non-hydrogen) atoms. The maximum Gasteiger partial charge on any atom is 0.335 e. The zero-order valence-corrected chi connectivity index (χ0v) is 13.6. The molecule has 0 saturated heterocycles. The van der Waals surface area contributed by atoms with Crippen molar-refractivity contribution in [3.05, 3.63) is 96.7 Å². The van der Waals surface area contributed by atoms with Gasteiger partial charge in [-0.05, 0) is 35.9 Å². The van der Waals surface area contributed by atoms with Gasteiger partial charge in [-0.3, -0.25) is 0 Å². The summed E-state index contributed by atoms with van der Waals surface area (Å²) in [7, 11) is 0. The predicted octanol–water partition coefficient (Wildman–Crippen LogP) is 5.05. The van der Waals surface area contributed by atoms with Crippen molar-refractivity contribution in [1.82, 2.24) is 4.98 Å². The first kappa shape index (κ1) is 16.4. The van der Waals surface area contributed by atoms with E-state index < -0.39 is 5.97 Å². The minimum Gasteiger partial charge on any atom is -0.423 e. The molecule has 0 saturated carbocycles. The highest BCUT2D eigenvalue weighted by Crippen LogP contribution is 2.14. The minimum absolute atomic E-state index is 0.464. The summed E-state index contributed by atoms with van der Waals surface area (Å²) < 4.78 is 5.03. The number of carbonyl (C=O) groups is 1. The summed E-state index contributed by atoms with van der Waals surface area (Å²) in [4.78, 5) is 15.7. The summed E-state index contributed by atoms with van der Waals surface area (Å²) in [5.41, 5.74) is 2.91. The first-order valence-corrected chi connectivity index (χ1v) is 7.89. The summed E-state index contributed by atoms with van der Waals surface area (Å²) in [6.07, 6.45) is 8.96. The van der Waals surface area contributed by atoms with E-state index in [1.165, 1.54) is 0 Å². The van der Waals surface area contributed by atoms with E-state index in [4.69, 9.17) is 4.74 Å². The van der Waals surface area contributed by atoms with E-state index in [1.54, 1.807) is 12.1 Å². The Labute approximate surface area is 146 Å². The Kier molecular flexibility index (Phi) is 5.17. The molecule has 0 aliphatic carbocycles. The standard InChI is InChI=1S/C22H17NO2/c1-2-22(24)25-20-15-11-17(12-16-20)7-3-5-9-19-14-13-18-8-4-6-10-21(18)23-19/h2-16H,1H2. The third-order valence-electron chi connectivity index (χ3n) is 3.55. The summed E-state index contributed by atoms with van der Waals surface area (Å²) in [6, 6.07) is 19.4. The average Bonchev–Trinajstić information content (AvgIpc) is 2.66. The highest BCUT2D eigenvalue weighted by Gasteiger charge is 1.98. The SMILES string of the molecule is C=CC(=O)Oc1ccc(C=CC=Cc2ccc3ccccc3n2)cc1. The molecule has 0 spiro atoms. The molecule has 0 N–H and O–H groups in total. The number of hydrogen-bond acceptors (Lipinski definition) is 3. The van der Waals surface area contributed by atoms with Crippen LogP contribution in [-0.4, -0.2) is 11.0 Å². The van der Waals surface area contributed by atoms with E-state index in [2.05, 4.69) is 17.6 Å². The van der Waals surface area contributed by atoms with Crippen LogP contribution in [0.1, 0.15) is 11.3 Å². The van der Waals surface area contributed by atoms with Crippen molar-refractivity contribution in [3.8, 4) is 5.75 Å². The maximum atomic E-state index is 11.1. The van der Waals surface area contributed by atoms with Crippen molar-refractivity contribution in [2.75, 3.05) is 0 Å². The summed E-state index contributed by atoms with van der Waals surface area (Å²) >= 11 is 0. The molecular weight excluding hydrogens is 310 g/mol. The molecule has 122 valence electrons. The third kappa shape index (κ3) is 4.52. The van der Waals surface area contributed by atoms with Gasteiger partial charge in [0.05, 0.1) is 11.2 Å². The Balaban J connectivity index is 1.64. The van der Waals surface area contributed by atoms with Gasteiger partial charge >= 0.3 is 5.97 Å². The first-order chi connectivity index (χ1) is 12.2. The normalized spacial score (nSPS) is 11.2. The maximum absolute atomic E-state index is 11.1. The van der Waals surface area contributed by atoms with E-state index in [0.717, 1.165) is 28.2 Å². The highest BCUT2D eigenvalue weighted by molar-refractivity contribution is 5.83. The Morgan fingerprint density at radius 3 is 2.48 bits per heavy atom. The van der Waals surface area contributed by atoms with Crippen molar-refractivity contribution < 1.29 is 9.53 Å². The molecular formula is C22H17NO2. The zero-order valence-electron chi connectivity index (χ0n) is 13.6. The van der Waals surface area contributed by atoms with Crippen molar-refractivity contribution in [1.29, 1.82) is 0 Å². The first-order valence-electron chi connectivity index (χ1n) is 7.89. The number of rotatable bonds is 5. The fraction of sp³-hybridized carbons (Fsp3) is 0. The van der Waals surface area contributed by atoms with E-state index in [0.29, 0.717) is 5.75 Å². The smallest absolute Gasteiger partial charge is 0.335 e. The molecule has 2 aromatic carbocycles. The van der Waals surface area contributed by atoms with Gasteiger partial charge in [0.15, 0.2) is 0 Å². The molecule has 0 fully saturated rings. The number of allylic oxidation sites excluding steroid dienone is 2. The van der Waals surface area contributed by atoms with Crippen LogP contribution in [0.4, 0.5) is 0 Å². The van der Waals surface area contributed by atoms with E-state index in [9.17, 15) is 4.79 Å². The van der Waals surface area contributed by atoms with Crippen LogP contribution < -0.4 is 4.74 Å². The molecule has 0 amide bonds. The van der Waals surface area contributed by atoms with Gasteiger partial charge in [0, 0.05) is 11.5 Å². The molecule has 3 aromatic rings. The van der Waals surface area contributed by atoms with Gasteiger partial charge in [0.1, 0.15) is 5.75 Å². The lowest BCUT2D eigenvalue weighted by atomic mass is 10.2. The molecule has 3 nitrogen and oxygen atoms in total. The quantitative estimate of drug-likeness (QED) is 0.285. The van der Waals surface area contributed by atoms with Crippen LogP contribution >= 0.6 is 0 Å². The third-order valence-corrected chi connectivity index (χ3v) is 3.55. The largest absolute Gasteiger partial charge is 0.423 e. The zero-order chi connectivity index (χ0) is 17.5. The fourth-order valence-electron chi connectivity index (χ4n) is 2.30. The topological polar surface area (TPSA) is 39.2 Å². The Morgan fingerprint density at radius 1 is 0.920 bits per heavy atom. The monoisotopic (exact) mass is 327 g/mol. The van der Waals surface area contributed by atoms with Crippen molar-refractivity contribution in [2.24, 2.45) is 0 Å². The number of nitrogens with zero attached hydrogens (tertiary/aromatic N) is 1. The van der Waals surface area contributed by atoms with Crippen LogP contribution in [0.15, 0.2) is 85.5 Å². The number of para-hydroxylation sites is 1. The van der Waals surface area contributed by atoms with Gasteiger partial charge < -0.3 is 4.74 Å². The van der Waals surface area contributed by atoms with Gasteiger partial charge in [0.25, 0.3) is 0 Å². The van der Waals surface area contributed by atoms with Gasteiger partial charge in [-0.15, -0.1) is 0 Å². The molecule has 3 heteroatoms. The molecule has 1 heterocycles. The molecule has 0 bridgehead atoms. The number of pyridine rings is 1. The number of fused-ring (bicyclic) bond motifs is 1. The average molecular weight is 327 g/mol. The summed E-state index contributed by atoms with van der Waals surface area (Å²) in [5, 5.41) is 1.13. The number of esters is 1. The minimum atomic E-state index is -0.464. The van der Waals surface area contributed by atoms with Crippen LogP contribution in [0, 0.1) is 0 Å². The Hall–Kier alpha value is -3.46. The second kappa shape index (κ2) is 7.88. The lowest BCUT2D eigenvalue weighted by molar-refractivity contribution is -0.128. The molecule has 1 aromatic heterocycles. The van der Waals surface area contributed by atoms with Crippen LogP contribution in [0.25, 0.3) is 23.1 Å². The van der Waals surface area contributed by atoms with E-state index in [1.807, 2.05) is 66.8 Å². The number of aromatic nitrogens is 1. The van der Waals surface area contributed by atoms with E-state index in [-0.39, 0.29) is 0 Å². The molecule has 0 aliphatic heterocycles. The van der Waals surface area contributed by atoms with E-state index >= 15 is 0 Å². The van der Waals surface area contributed by atoms with Crippen LogP contribution in [0.5, 0.6) is 5.75 Å². The lowest BCUT2D eigenvalue weighted by Gasteiger charge is -2.00. The number of benzene rings is 2. The summed E-state index contributed by atoms with van der Waals surface area (Å²) in [6.45, 7) is 3.37. The number of hydrogen-bond donors (Lipinski definition) is 0. The second-order valence-corrected chi connectivity index (χ2v) is 5.34. The predicted molar refractivity (Wildman–Crippen MR) is 102 cm³/mol. The highest BCUT2D eigenvalue weighted by atomic mass is 16.5. The summed E-state index contributed by atoms with van der Waals surface area (Å²) in [5.74, 6) is 0.0343. The van der Waals surface area contributed by atoms with Crippen molar-refractivity contribution in [2.45, 2.75) is 0 Å². The van der Waals surface area contributed by atoms with Crippen LogP contribution in [0.2, 0.25) is 0 Å². The van der Waals surface area contributed by atoms with Gasteiger partial charge in [0.2, 0.25) is 0 Å². The Morgan fingerprint density at radius 2 is 1.68 bits per heavy atom. The molecule has 0 unspecified atom stereocenters. The van der Waals surface area contributed by atoms with Crippen molar-refractivity contribution in [3.63, 3.8) is 0 Å².